The van der Waals surface area contributed by atoms with Gasteiger partial charge in [-0.05, 0) is 36.5 Å². The zero-order chi connectivity index (χ0) is 20.6. The van der Waals surface area contributed by atoms with Crippen molar-refractivity contribution in [3.63, 3.8) is 0 Å². The molecular formula is C24H29FN2O2. The van der Waals surface area contributed by atoms with E-state index in [2.05, 4.69) is 5.32 Å². The van der Waals surface area contributed by atoms with Crippen LogP contribution in [0.4, 0.5) is 4.39 Å². The van der Waals surface area contributed by atoms with Gasteiger partial charge in [0.15, 0.2) is 0 Å². The van der Waals surface area contributed by atoms with Gasteiger partial charge in [-0.3, -0.25) is 9.59 Å². The molecule has 0 aromatic heterocycles. The summed E-state index contributed by atoms with van der Waals surface area (Å²) in [6.07, 6.45) is 4.68. The first-order valence-corrected chi connectivity index (χ1v) is 10.5. The fraction of sp³-hybridized carbons (Fsp3) is 0.417. The summed E-state index contributed by atoms with van der Waals surface area (Å²) < 4.78 is 14.1. The second-order valence-corrected chi connectivity index (χ2v) is 7.69. The van der Waals surface area contributed by atoms with Crippen molar-refractivity contribution in [2.75, 3.05) is 0 Å². The minimum absolute atomic E-state index is 0.0628. The van der Waals surface area contributed by atoms with Gasteiger partial charge in [-0.15, -0.1) is 0 Å². The van der Waals surface area contributed by atoms with E-state index in [4.69, 9.17) is 0 Å². The monoisotopic (exact) mass is 396 g/mol. The number of rotatable bonds is 8. The molecule has 1 aliphatic rings. The molecule has 2 aromatic rings. The Balaban J connectivity index is 1.81. The maximum Gasteiger partial charge on any atom is 0.243 e. The molecule has 0 radical (unpaired) electrons. The molecule has 0 aliphatic heterocycles. The third-order valence-electron chi connectivity index (χ3n) is 5.58. The quantitative estimate of drug-likeness (QED) is 0.726. The topological polar surface area (TPSA) is 49.4 Å². The van der Waals surface area contributed by atoms with Gasteiger partial charge in [0.2, 0.25) is 11.8 Å². The largest absolute Gasteiger partial charge is 0.352 e. The van der Waals surface area contributed by atoms with Gasteiger partial charge >= 0.3 is 0 Å². The highest BCUT2D eigenvalue weighted by Gasteiger charge is 2.30. The molecular weight excluding hydrogens is 367 g/mol. The molecule has 154 valence electrons. The molecule has 0 bridgehead atoms. The standard InChI is InChI=1S/C24H29FN2O2/c1-2-22(24(29)26-20-13-7-8-14-20)27(17-18-10-4-3-5-11-18)23(28)16-19-12-6-9-15-21(19)25/h3-6,9-12,15,20,22H,2,7-8,13-14,16-17H2,1H3,(H,26,29). The fourth-order valence-corrected chi connectivity index (χ4v) is 3.97. The molecule has 1 N–H and O–H groups in total. The van der Waals surface area contributed by atoms with Crippen LogP contribution in [0.5, 0.6) is 0 Å². The Bertz CT molecular complexity index is 819. The summed E-state index contributed by atoms with van der Waals surface area (Å²) >= 11 is 0. The fourth-order valence-electron chi connectivity index (χ4n) is 3.97. The maximum absolute atomic E-state index is 14.1. The van der Waals surface area contributed by atoms with Crippen molar-refractivity contribution in [1.29, 1.82) is 0 Å². The smallest absolute Gasteiger partial charge is 0.243 e. The van der Waals surface area contributed by atoms with E-state index < -0.39 is 11.9 Å². The molecule has 1 atom stereocenters. The van der Waals surface area contributed by atoms with Gasteiger partial charge in [-0.2, -0.15) is 0 Å². The molecule has 29 heavy (non-hydrogen) atoms. The number of carbonyl (C=O) groups excluding carboxylic acids is 2. The van der Waals surface area contributed by atoms with E-state index in [0.29, 0.717) is 18.5 Å². The molecule has 1 unspecified atom stereocenters. The van der Waals surface area contributed by atoms with Crippen molar-refractivity contribution in [2.45, 2.75) is 64.1 Å². The predicted molar refractivity (Wildman–Crippen MR) is 112 cm³/mol. The van der Waals surface area contributed by atoms with Crippen LogP contribution in [-0.4, -0.2) is 28.8 Å². The molecule has 0 spiro atoms. The van der Waals surface area contributed by atoms with Crippen LogP contribution in [0.1, 0.15) is 50.2 Å². The second-order valence-electron chi connectivity index (χ2n) is 7.69. The summed E-state index contributed by atoms with van der Waals surface area (Å²) in [5.74, 6) is -0.756. The first kappa shape index (κ1) is 21.0. The van der Waals surface area contributed by atoms with Crippen LogP contribution in [-0.2, 0) is 22.6 Å². The molecule has 1 fully saturated rings. The van der Waals surface area contributed by atoms with Crippen LogP contribution in [0, 0.1) is 5.82 Å². The highest BCUT2D eigenvalue weighted by molar-refractivity contribution is 5.88. The molecule has 1 saturated carbocycles. The van der Waals surface area contributed by atoms with Crippen LogP contribution in [0.2, 0.25) is 0 Å². The first-order valence-electron chi connectivity index (χ1n) is 10.5. The normalized spacial score (nSPS) is 15.1. The Hall–Kier alpha value is -2.69. The van der Waals surface area contributed by atoms with Crippen LogP contribution >= 0.6 is 0 Å². The van der Waals surface area contributed by atoms with Crippen molar-refractivity contribution in [3.05, 3.63) is 71.5 Å². The van der Waals surface area contributed by atoms with Gasteiger partial charge in [0.25, 0.3) is 0 Å². The summed E-state index contributed by atoms with van der Waals surface area (Å²) in [5, 5.41) is 3.12. The average molecular weight is 397 g/mol. The number of carbonyl (C=O) groups is 2. The SMILES string of the molecule is CCC(C(=O)NC1CCCC1)N(Cc1ccccc1)C(=O)Cc1ccccc1F. The molecule has 4 nitrogen and oxygen atoms in total. The summed E-state index contributed by atoms with van der Waals surface area (Å²) in [6, 6.07) is 15.5. The number of hydrogen-bond acceptors (Lipinski definition) is 2. The predicted octanol–water partition coefficient (Wildman–Crippen LogP) is 4.23. The van der Waals surface area contributed by atoms with Crippen molar-refractivity contribution in [1.82, 2.24) is 10.2 Å². The lowest BCUT2D eigenvalue weighted by Crippen LogP contribution is -2.51. The Labute approximate surface area is 172 Å². The highest BCUT2D eigenvalue weighted by Crippen LogP contribution is 2.20. The van der Waals surface area contributed by atoms with Crippen LogP contribution in [0.25, 0.3) is 0 Å². The van der Waals surface area contributed by atoms with E-state index in [-0.39, 0.29) is 24.3 Å². The highest BCUT2D eigenvalue weighted by atomic mass is 19.1. The van der Waals surface area contributed by atoms with Crippen LogP contribution < -0.4 is 5.32 Å². The molecule has 0 heterocycles. The molecule has 2 amide bonds. The number of nitrogens with one attached hydrogen (secondary N) is 1. The van der Waals surface area contributed by atoms with Crippen LogP contribution in [0.3, 0.4) is 0 Å². The van der Waals surface area contributed by atoms with Crippen LogP contribution in [0.15, 0.2) is 54.6 Å². The first-order chi connectivity index (χ1) is 14.1. The van der Waals surface area contributed by atoms with E-state index in [1.165, 1.54) is 6.07 Å². The number of amides is 2. The van der Waals surface area contributed by atoms with Crippen molar-refractivity contribution in [3.8, 4) is 0 Å². The third-order valence-corrected chi connectivity index (χ3v) is 5.58. The van der Waals surface area contributed by atoms with Gasteiger partial charge in [-0.25, -0.2) is 4.39 Å². The van der Waals surface area contributed by atoms with Crippen molar-refractivity contribution < 1.29 is 14.0 Å². The Kier molecular flexibility index (Phi) is 7.39. The number of nitrogens with zero attached hydrogens (tertiary/aromatic N) is 1. The van der Waals surface area contributed by atoms with E-state index in [0.717, 1.165) is 31.2 Å². The van der Waals surface area contributed by atoms with Gasteiger partial charge in [0.05, 0.1) is 6.42 Å². The third kappa shape index (κ3) is 5.66. The summed E-state index contributed by atoms with van der Waals surface area (Å²) in [6.45, 7) is 2.23. The molecule has 1 aliphatic carbocycles. The van der Waals surface area contributed by atoms with E-state index >= 15 is 0 Å². The van der Waals surface area contributed by atoms with Gasteiger partial charge in [0, 0.05) is 12.6 Å². The van der Waals surface area contributed by atoms with E-state index in [1.54, 1.807) is 23.1 Å². The minimum atomic E-state index is -0.574. The van der Waals surface area contributed by atoms with E-state index in [1.807, 2.05) is 37.3 Å². The number of halogens is 1. The lowest BCUT2D eigenvalue weighted by Gasteiger charge is -2.31. The molecule has 5 heteroatoms. The van der Waals surface area contributed by atoms with Gasteiger partial charge in [0.1, 0.15) is 11.9 Å². The zero-order valence-electron chi connectivity index (χ0n) is 16.9. The van der Waals surface area contributed by atoms with Crippen molar-refractivity contribution >= 4 is 11.8 Å². The number of benzene rings is 2. The second kappa shape index (κ2) is 10.2. The molecule has 3 rings (SSSR count). The van der Waals surface area contributed by atoms with E-state index in [9.17, 15) is 14.0 Å². The summed E-state index contributed by atoms with van der Waals surface area (Å²) in [7, 11) is 0. The Morgan fingerprint density at radius 2 is 1.72 bits per heavy atom. The molecule has 0 saturated heterocycles. The maximum atomic E-state index is 14.1. The zero-order valence-corrected chi connectivity index (χ0v) is 16.9. The number of hydrogen-bond donors (Lipinski definition) is 1. The lowest BCUT2D eigenvalue weighted by molar-refractivity contribution is -0.141. The van der Waals surface area contributed by atoms with Crippen molar-refractivity contribution in [2.24, 2.45) is 0 Å². The lowest BCUT2D eigenvalue weighted by atomic mass is 10.1. The summed E-state index contributed by atoms with van der Waals surface area (Å²) in [5.41, 5.74) is 1.29. The minimum Gasteiger partial charge on any atom is -0.352 e. The summed E-state index contributed by atoms with van der Waals surface area (Å²) in [4.78, 5) is 27.8. The Morgan fingerprint density at radius 3 is 2.38 bits per heavy atom. The van der Waals surface area contributed by atoms with Gasteiger partial charge < -0.3 is 10.2 Å². The Morgan fingerprint density at radius 1 is 1.07 bits per heavy atom. The van der Waals surface area contributed by atoms with Gasteiger partial charge in [-0.1, -0.05) is 68.3 Å². The molecule has 2 aromatic carbocycles. The average Bonchev–Trinajstić information content (AvgIpc) is 3.23.